The summed E-state index contributed by atoms with van der Waals surface area (Å²) in [4.78, 5) is 14.0. The fourth-order valence-electron chi connectivity index (χ4n) is 2.67. The first-order chi connectivity index (χ1) is 9.85. The first-order valence-electron chi connectivity index (χ1n) is 7.20. The zero-order valence-electron chi connectivity index (χ0n) is 13.1. The van der Waals surface area contributed by atoms with Crippen LogP contribution in [0, 0.1) is 22.7 Å². The fraction of sp³-hybridized carbons (Fsp3) is 0.529. The van der Waals surface area contributed by atoms with Gasteiger partial charge in [0.1, 0.15) is 11.8 Å². The van der Waals surface area contributed by atoms with Gasteiger partial charge in [0.25, 0.3) is 0 Å². The molecule has 0 aliphatic carbocycles. The highest BCUT2D eigenvalue weighted by atomic mass is 16.5. The molecule has 1 aliphatic heterocycles. The molecule has 1 unspecified atom stereocenters. The molecule has 1 saturated heterocycles. The highest BCUT2D eigenvalue weighted by Gasteiger charge is 2.36. The van der Waals surface area contributed by atoms with Gasteiger partial charge in [-0.05, 0) is 29.0 Å². The molecule has 112 valence electrons. The van der Waals surface area contributed by atoms with Gasteiger partial charge >= 0.3 is 0 Å². The molecule has 0 radical (unpaired) electrons. The number of amides is 1. The third-order valence-corrected chi connectivity index (χ3v) is 4.20. The Morgan fingerprint density at radius 2 is 2.14 bits per heavy atom. The van der Waals surface area contributed by atoms with Crippen LogP contribution >= 0.6 is 0 Å². The summed E-state index contributed by atoms with van der Waals surface area (Å²) in [5.74, 6) is 1.16. The van der Waals surface area contributed by atoms with E-state index in [9.17, 15) is 4.79 Å². The molecule has 1 atom stereocenters. The van der Waals surface area contributed by atoms with E-state index in [4.69, 9.17) is 10.00 Å². The summed E-state index contributed by atoms with van der Waals surface area (Å²) in [7, 11) is 1.55. The van der Waals surface area contributed by atoms with Crippen LogP contribution in [0.3, 0.4) is 0 Å². The minimum absolute atomic E-state index is 0.141. The summed E-state index contributed by atoms with van der Waals surface area (Å²) in [5.41, 5.74) is 1.62. The average Bonchev–Trinajstić information content (AvgIpc) is 2.80. The lowest BCUT2D eigenvalue weighted by molar-refractivity contribution is -0.128. The molecule has 1 aliphatic rings. The highest BCUT2D eigenvalue weighted by Crippen LogP contribution is 2.35. The van der Waals surface area contributed by atoms with E-state index in [1.165, 1.54) is 0 Å². The molecule has 1 aromatic rings. The lowest BCUT2D eigenvalue weighted by Gasteiger charge is -2.26. The fourth-order valence-corrected chi connectivity index (χ4v) is 2.67. The summed E-state index contributed by atoms with van der Waals surface area (Å²) in [5, 5.41) is 9.13. The number of carbonyl (C=O) groups excluding carboxylic acids is 1. The van der Waals surface area contributed by atoms with Gasteiger partial charge in [0.05, 0.1) is 12.7 Å². The maximum absolute atomic E-state index is 12.1. The van der Waals surface area contributed by atoms with Crippen molar-refractivity contribution >= 4 is 5.91 Å². The van der Waals surface area contributed by atoms with E-state index >= 15 is 0 Å². The second-order valence-electron chi connectivity index (χ2n) is 6.69. The van der Waals surface area contributed by atoms with Crippen LogP contribution in [-0.2, 0) is 11.3 Å². The highest BCUT2D eigenvalue weighted by molar-refractivity contribution is 5.78. The second kappa shape index (κ2) is 5.77. The maximum Gasteiger partial charge on any atom is 0.223 e. The van der Waals surface area contributed by atoms with Crippen molar-refractivity contribution in [3.63, 3.8) is 0 Å². The van der Waals surface area contributed by atoms with Gasteiger partial charge in [-0.1, -0.05) is 26.8 Å². The van der Waals surface area contributed by atoms with Crippen LogP contribution in [0.1, 0.15) is 38.3 Å². The van der Waals surface area contributed by atoms with Gasteiger partial charge in [0, 0.05) is 19.5 Å². The molecular weight excluding hydrogens is 264 g/mol. The van der Waals surface area contributed by atoms with Gasteiger partial charge in [-0.2, -0.15) is 5.26 Å². The van der Waals surface area contributed by atoms with Crippen LogP contribution < -0.4 is 4.74 Å². The second-order valence-corrected chi connectivity index (χ2v) is 6.69. The first-order valence-corrected chi connectivity index (χ1v) is 7.20. The van der Waals surface area contributed by atoms with Gasteiger partial charge in [-0.25, -0.2) is 0 Å². The number of methoxy groups -OCH3 is 1. The lowest BCUT2D eigenvalue weighted by atomic mass is 9.80. The Labute approximate surface area is 126 Å². The van der Waals surface area contributed by atoms with Crippen molar-refractivity contribution in [1.29, 1.82) is 5.26 Å². The molecule has 0 N–H and O–H groups in total. The summed E-state index contributed by atoms with van der Waals surface area (Å²) < 4.78 is 5.14. The summed E-state index contributed by atoms with van der Waals surface area (Å²) in [6.45, 7) is 7.88. The molecule has 1 fully saturated rings. The third-order valence-electron chi connectivity index (χ3n) is 4.20. The summed E-state index contributed by atoms with van der Waals surface area (Å²) >= 11 is 0. The smallest absolute Gasteiger partial charge is 0.223 e. The zero-order chi connectivity index (χ0) is 15.6. The maximum atomic E-state index is 12.1. The Hall–Kier alpha value is -2.02. The van der Waals surface area contributed by atoms with Crippen molar-refractivity contribution in [1.82, 2.24) is 4.90 Å². The zero-order valence-corrected chi connectivity index (χ0v) is 13.1. The topological polar surface area (TPSA) is 53.3 Å². The van der Waals surface area contributed by atoms with Crippen LogP contribution in [0.5, 0.6) is 5.75 Å². The molecule has 0 aromatic heterocycles. The van der Waals surface area contributed by atoms with E-state index in [2.05, 4.69) is 26.8 Å². The van der Waals surface area contributed by atoms with Crippen LogP contribution in [-0.4, -0.2) is 24.5 Å². The van der Waals surface area contributed by atoms with Crippen LogP contribution in [0.15, 0.2) is 18.2 Å². The minimum atomic E-state index is 0.141. The van der Waals surface area contributed by atoms with Crippen LogP contribution in [0.4, 0.5) is 0 Å². The normalized spacial score (nSPS) is 18.7. The Balaban J connectivity index is 2.13. The number of nitrogens with zero attached hydrogens (tertiary/aromatic N) is 2. The molecule has 1 amide bonds. The predicted octanol–water partition coefficient (Wildman–Crippen LogP) is 2.96. The van der Waals surface area contributed by atoms with Crippen LogP contribution in [0.2, 0.25) is 0 Å². The van der Waals surface area contributed by atoms with Gasteiger partial charge < -0.3 is 9.64 Å². The third kappa shape index (κ3) is 3.36. The number of ether oxygens (including phenoxy) is 1. The van der Waals surface area contributed by atoms with Crippen molar-refractivity contribution in [3.8, 4) is 11.8 Å². The minimum Gasteiger partial charge on any atom is -0.495 e. The molecule has 4 heteroatoms. The average molecular weight is 286 g/mol. The molecule has 1 heterocycles. The Morgan fingerprint density at radius 3 is 2.67 bits per heavy atom. The molecular formula is C17H22N2O2. The van der Waals surface area contributed by atoms with E-state index in [0.717, 1.165) is 12.1 Å². The van der Waals surface area contributed by atoms with Crippen molar-refractivity contribution in [3.05, 3.63) is 29.3 Å². The van der Waals surface area contributed by atoms with Crippen molar-refractivity contribution in [2.45, 2.75) is 33.7 Å². The van der Waals surface area contributed by atoms with E-state index in [1.807, 2.05) is 11.0 Å². The van der Waals surface area contributed by atoms with Gasteiger partial charge in [0.2, 0.25) is 5.91 Å². The molecule has 4 nitrogen and oxygen atoms in total. The van der Waals surface area contributed by atoms with E-state index in [-0.39, 0.29) is 11.3 Å². The number of benzene rings is 1. The standard InChI is InChI=1S/C17H22N2O2/c1-17(2,3)14-8-16(20)19(11-14)10-12-5-6-15(21-4)13(7-12)9-18/h5-7,14H,8,10-11H2,1-4H3. The quantitative estimate of drug-likeness (QED) is 0.858. The lowest BCUT2D eigenvalue weighted by Crippen LogP contribution is -2.27. The SMILES string of the molecule is COc1ccc(CN2CC(C(C)(C)C)CC2=O)cc1C#N. The van der Waals surface area contributed by atoms with E-state index < -0.39 is 0 Å². The van der Waals surface area contributed by atoms with Crippen molar-refractivity contribution < 1.29 is 9.53 Å². The van der Waals surface area contributed by atoms with Crippen molar-refractivity contribution in [2.75, 3.05) is 13.7 Å². The van der Waals surface area contributed by atoms with Gasteiger partial charge in [-0.15, -0.1) is 0 Å². The number of nitriles is 1. The number of likely N-dealkylation sites (tertiary alicyclic amines) is 1. The predicted molar refractivity (Wildman–Crippen MR) is 80.7 cm³/mol. The summed E-state index contributed by atoms with van der Waals surface area (Å²) in [6, 6.07) is 7.63. The molecule has 1 aromatic carbocycles. The summed E-state index contributed by atoms with van der Waals surface area (Å²) in [6.07, 6.45) is 0.616. The van der Waals surface area contributed by atoms with Crippen LogP contribution in [0.25, 0.3) is 0 Å². The number of hydrogen-bond acceptors (Lipinski definition) is 3. The number of carbonyl (C=O) groups is 1. The Kier molecular flexibility index (Phi) is 4.22. The van der Waals surface area contributed by atoms with E-state index in [1.54, 1.807) is 19.2 Å². The van der Waals surface area contributed by atoms with Gasteiger partial charge in [-0.3, -0.25) is 4.79 Å². The molecule has 0 bridgehead atoms. The van der Waals surface area contributed by atoms with Gasteiger partial charge in [0.15, 0.2) is 0 Å². The van der Waals surface area contributed by atoms with E-state index in [0.29, 0.717) is 30.2 Å². The molecule has 0 spiro atoms. The Morgan fingerprint density at radius 1 is 1.43 bits per heavy atom. The molecule has 21 heavy (non-hydrogen) atoms. The first kappa shape index (κ1) is 15.4. The number of hydrogen-bond donors (Lipinski definition) is 0. The number of rotatable bonds is 3. The molecule has 2 rings (SSSR count). The Bertz CT molecular complexity index is 581. The molecule has 0 saturated carbocycles. The largest absolute Gasteiger partial charge is 0.495 e. The monoisotopic (exact) mass is 286 g/mol. The van der Waals surface area contributed by atoms with Crippen molar-refractivity contribution in [2.24, 2.45) is 11.3 Å².